The summed E-state index contributed by atoms with van der Waals surface area (Å²) in [5, 5.41) is 6.63. The van der Waals surface area contributed by atoms with Crippen LogP contribution in [0.3, 0.4) is 0 Å². The summed E-state index contributed by atoms with van der Waals surface area (Å²) in [7, 11) is 0. The molecule has 1 saturated carbocycles. The lowest BCUT2D eigenvalue weighted by Crippen LogP contribution is -2.47. The van der Waals surface area contributed by atoms with E-state index in [9.17, 15) is 0 Å². The number of pyridine rings is 1. The van der Waals surface area contributed by atoms with Crippen molar-refractivity contribution in [2.45, 2.75) is 52.6 Å². The molecule has 1 fully saturated rings. The Morgan fingerprint density at radius 1 is 1.36 bits per heavy atom. The maximum atomic E-state index is 5.64. The Morgan fingerprint density at radius 3 is 2.68 bits per heavy atom. The van der Waals surface area contributed by atoms with Gasteiger partial charge in [0.2, 0.25) is 5.88 Å². The van der Waals surface area contributed by atoms with E-state index in [4.69, 9.17) is 4.74 Å². The number of hydrogen-bond acceptors (Lipinski definition) is 3. The molecule has 0 saturated heterocycles. The van der Waals surface area contributed by atoms with Gasteiger partial charge < -0.3 is 15.4 Å². The molecule has 2 N–H and O–H groups in total. The first-order valence-corrected chi connectivity index (χ1v) is 8.10. The lowest BCUT2D eigenvalue weighted by Gasteiger charge is -2.23. The van der Waals surface area contributed by atoms with E-state index in [0.29, 0.717) is 12.4 Å². The summed E-state index contributed by atoms with van der Waals surface area (Å²) in [6, 6.07) is 3.96. The fourth-order valence-electron chi connectivity index (χ4n) is 1.91. The van der Waals surface area contributed by atoms with Crippen LogP contribution >= 0.6 is 0 Å². The highest BCUT2D eigenvalue weighted by Crippen LogP contribution is 2.29. The molecule has 1 heterocycles. The Balaban J connectivity index is 1.88. The van der Waals surface area contributed by atoms with E-state index in [0.717, 1.165) is 30.6 Å². The Labute approximate surface area is 133 Å². The third kappa shape index (κ3) is 6.33. The van der Waals surface area contributed by atoms with E-state index in [1.54, 1.807) is 0 Å². The molecule has 1 aromatic rings. The molecule has 5 heteroatoms. The summed E-state index contributed by atoms with van der Waals surface area (Å²) >= 11 is 0. The van der Waals surface area contributed by atoms with Crippen LogP contribution in [0.2, 0.25) is 0 Å². The molecular weight excluding hydrogens is 276 g/mol. The van der Waals surface area contributed by atoms with E-state index in [1.807, 2.05) is 18.3 Å². The zero-order valence-electron chi connectivity index (χ0n) is 14.1. The number of guanidine groups is 1. The number of ether oxygens (including phenoxy) is 1. The maximum Gasteiger partial charge on any atom is 0.213 e. The van der Waals surface area contributed by atoms with Gasteiger partial charge in [-0.2, -0.15) is 0 Å². The number of aliphatic imine (C=N–C) groups is 1. The summed E-state index contributed by atoms with van der Waals surface area (Å²) in [6.07, 6.45) is 4.42. The number of rotatable bonds is 6. The van der Waals surface area contributed by atoms with Crippen molar-refractivity contribution in [3.8, 4) is 5.88 Å². The Bertz CT molecular complexity index is 486. The minimum absolute atomic E-state index is 0.0141. The predicted molar refractivity (Wildman–Crippen MR) is 90.2 cm³/mol. The van der Waals surface area contributed by atoms with Crippen LogP contribution in [0, 0.1) is 5.92 Å². The molecule has 122 valence electrons. The third-order valence-corrected chi connectivity index (χ3v) is 3.22. The second-order valence-electron chi connectivity index (χ2n) is 6.83. The van der Waals surface area contributed by atoms with Gasteiger partial charge in [-0.25, -0.2) is 9.98 Å². The van der Waals surface area contributed by atoms with Gasteiger partial charge in [0.15, 0.2) is 5.96 Å². The third-order valence-electron chi connectivity index (χ3n) is 3.22. The van der Waals surface area contributed by atoms with Crippen LogP contribution in [0.15, 0.2) is 23.3 Å². The van der Waals surface area contributed by atoms with Gasteiger partial charge in [-0.3, -0.25) is 0 Å². The van der Waals surface area contributed by atoms with Gasteiger partial charge in [0.1, 0.15) is 0 Å². The summed E-state index contributed by atoms with van der Waals surface area (Å²) in [6.45, 7) is 10.7. The van der Waals surface area contributed by atoms with E-state index in [-0.39, 0.29) is 5.54 Å². The minimum atomic E-state index is -0.0141. The van der Waals surface area contributed by atoms with E-state index < -0.39 is 0 Å². The van der Waals surface area contributed by atoms with Gasteiger partial charge in [-0.15, -0.1) is 0 Å². The normalized spacial score (nSPS) is 15.5. The van der Waals surface area contributed by atoms with E-state index in [1.165, 1.54) is 12.8 Å². The largest absolute Gasteiger partial charge is 0.477 e. The van der Waals surface area contributed by atoms with E-state index in [2.05, 4.69) is 48.3 Å². The van der Waals surface area contributed by atoms with Crippen LogP contribution in [-0.4, -0.2) is 29.6 Å². The van der Waals surface area contributed by atoms with Crippen LogP contribution < -0.4 is 15.4 Å². The molecule has 0 aromatic carbocycles. The monoisotopic (exact) mass is 304 g/mol. The average molecular weight is 304 g/mol. The van der Waals surface area contributed by atoms with Crippen molar-refractivity contribution in [3.63, 3.8) is 0 Å². The van der Waals surface area contributed by atoms with Crippen molar-refractivity contribution in [2.75, 3.05) is 13.2 Å². The molecule has 1 aliphatic rings. The fourth-order valence-corrected chi connectivity index (χ4v) is 1.91. The van der Waals surface area contributed by atoms with Crippen molar-refractivity contribution in [1.29, 1.82) is 0 Å². The summed E-state index contributed by atoms with van der Waals surface area (Å²) in [5.41, 5.74) is 1.06. The number of nitrogens with one attached hydrogen (secondary N) is 2. The van der Waals surface area contributed by atoms with E-state index >= 15 is 0 Å². The Morgan fingerprint density at radius 2 is 2.14 bits per heavy atom. The zero-order chi connectivity index (χ0) is 16.0. The highest BCUT2D eigenvalue weighted by molar-refractivity contribution is 5.80. The van der Waals surface area contributed by atoms with Crippen LogP contribution in [0.5, 0.6) is 5.88 Å². The summed E-state index contributed by atoms with van der Waals surface area (Å²) in [5.74, 6) is 2.28. The van der Waals surface area contributed by atoms with Crippen molar-refractivity contribution >= 4 is 5.96 Å². The maximum absolute atomic E-state index is 5.64. The molecule has 0 unspecified atom stereocenters. The standard InChI is InChI=1S/C17H28N4O/c1-5-18-16(21-17(2,3)4)20-11-14-8-9-15(19-10-14)22-12-13-6-7-13/h8-10,13H,5-7,11-12H2,1-4H3,(H2,18,20,21). The first kappa shape index (κ1) is 16.6. The molecule has 5 nitrogen and oxygen atoms in total. The number of nitrogens with zero attached hydrogens (tertiary/aromatic N) is 2. The van der Waals surface area contributed by atoms with Crippen molar-refractivity contribution in [3.05, 3.63) is 23.9 Å². The van der Waals surface area contributed by atoms with Crippen LogP contribution in [0.25, 0.3) is 0 Å². The molecule has 22 heavy (non-hydrogen) atoms. The number of hydrogen-bond donors (Lipinski definition) is 2. The lowest BCUT2D eigenvalue weighted by molar-refractivity contribution is 0.288. The molecule has 0 amide bonds. The van der Waals surface area contributed by atoms with Gasteiger partial charge in [0.25, 0.3) is 0 Å². The molecule has 0 atom stereocenters. The summed E-state index contributed by atoms with van der Waals surface area (Å²) in [4.78, 5) is 8.94. The predicted octanol–water partition coefficient (Wildman–Crippen LogP) is 2.72. The van der Waals surface area contributed by atoms with Gasteiger partial charge in [-0.1, -0.05) is 6.07 Å². The number of aromatic nitrogens is 1. The quantitative estimate of drug-likeness (QED) is 0.627. The Hall–Kier alpha value is -1.78. The molecule has 0 aliphatic heterocycles. The van der Waals surface area contributed by atoms with Crippen molar-refractivity contribution < 1.29 is 4.74 Å². The van der Waals surface area contributed by atoms with Crippen LogP contribution in [-0.2, 0) is 6.54 Å². The van der Waals surface area contributed by atoms with Gasteiger partial charge in [0.05, 0.1) is 13.2 Å². The summed E-state index contributed by atoms with van der Waals surface area (Å²) < 4.78 is 5.64. The first-order valence-electron chi connectivity index (χ1n) is 8.10. The highest BCUT2D eigenvalue weighted by atomic mass is 16.5. The highest BCUT2D eigenvalue weighted by Gasteiger charge is 2.22. The second kappa shape index (κ2) is 7.47. The van der Waals surface area contributed by atoms with Crippen LogP contribution in [0.4, 0.5) is 0 Å². The average Bonchev–Trinajstić information content (AvgIpc) is 3.26. The van der Waals surface area contributed by atoms with Crippen LogP contribution in [0.1, 0.15) is 46.1 Å². The molecule has 0 spiro atoms. The molecule has 2 rings (SSSR count). The van der Waals surface area contributed by atoms with Gasteiger partial charge in [0, 0.05) is 24.3 Å². The molecule has 0 bridgehead atoms. The smallest absolute Gasteiger partial charge is 0.213 e. The molecule has 0 radical (unpaired) electrons. The second-order valence-corrected chi connectivity index (χ2v) is 6.83. The molecular formula is C17H28N4O. The fraction of sp³-hybridized carbons (Fsp3) is 0.647. The van der Waals surface area contributed by atoms with Crippen molar-refractivity contribution in [2.24, 2.45) is 10.9 Å². The molecule has 1 aliphatic carbocycles. The topological polar surface area (TPSA) is 58.5 Å². The Kier molecular flexibility index (Phi) is 5.63. The van der Waals surface area contributed by atoms with Crippen molar-refractivity contribution in [1.82, 2.24) is 15.6 Å². The minimum Gasteiger partial charge on any atom is -0.477 e. The first-order chi connectivity index (χ1) is 10.5. The molecule has 1 aromatic heterocycles. The SMILES string of the molecule is CCNC(=NCc1ccc(OCC2CC2)nc1)NC(C)(C)C. The zero-order valence-corrected chi connectivity index (χ0v) is 14.1. The van der Waals surface area contributed by atoms with Gasteiger partial charge >= 0.3 is 0 Å². The van der Waals surface area contributed by atoms with Gasteiger partial charge in [-0.05, 0) is 52.0 Å². The lowest BCUT2D eigenvalue weighted by atomic mass is 10.1.